The first-order valence-corrected chi connectivity index (χ1v) is 3.87. The van der Waals surface area contributed by atoms with Crippen LogP contribution in [0.25, 0.3) is 0 Å². The number of carbonyl (C=O) groups is 1. The summed E-state index contributed by atoms with van der Waals surface area (Å²) in [6, 6.07) is 0. The molecule has 0 heterocycles. The van der Waals surface area contributed by atoms with E-state index in [-0.39, 0.29) is 5.97 Å². The summed E-state index contributed by atoms with van der Waals surface area (Å²) in [5.41, 5.74) is 1.19. The van der Waals surface area contributed by atoms with Crippen LogP contribution < -0.4 is 0 Å². The highest BCUT2D eigenvalue weighted by Gasteiger charge is 2.03. The second kappa shape index (κ2) is 5.05. The quantitative estimate of drug-likeness (QED) is 0.432. The van der Waals surface area contributed by atoms with E-state index < -0.39 is 0 Å². The van der Waals surface area contributed by atoms with E-state index >= 15 is 0 Å². The molecule has 0 saturated heterocycles. The summed E-state index contributed by atoms with van der Waals surface area (Å²) in [6.07, 6.45) is 0. The van der Waals surface area contributed by atoms with Gasteiger partial charge in [0.15, 0.2) is 0 Å². The van der Waals surface area contributed by atoms with Crippen LogP contribution in [0.3, 0.4) is 0 Å². The molecule has 0 atom stereocenters. The zero-order valence-corrected chi connectivity index (χ0v) is 7.77. The summed E-state index contributed by atoms with van der Waals surface area (Å²) in [7, 11) is 0. The Hall–Kier alpha value is 0.230. The first-order valence-electron chi connectivity index (χ1n) is 2.35. The van der Waals surface area contributed by atoms with E-state index in [1.165, 1.54) is 5.54 Å². The molecule has 0 bridgehead atoms. The van der Waals surface area contributed by atoms with E-state index in [1.807, 2.05) is 22.6 Å². The van der Waals surface area contributed by atoms with Crippen molar-refractivity contribution in [3.8, 4) is 0 Å². The zero-order chi connectivity index (χ0) is 7.28. The van der Waals surface area contributed by atoms with Gasteiger partial charge in [0.25, 0.3) is 0 Å². The van der Waals surface area contributed by atoms with Crippen LogP contribution >= 0.6 is 34.2 Å². The standard InChI is InChI=1S/C5H6ClIO2/c1-2-9-5(8)4(7)3-6/h3H,2H2,1H3/b4-3-. The molecular formula is C5H6ClIO2. The maximum atomic E-state index is 10.6. The molecule has 0 aromatic heterocycles. The Morgan fingerprint density at radius 2 is 2.44 bits per heavy atom. The second-order valence-electron chi connectivity index (χ2n) is 1.18. The average molecular weight is 260 g/mol. The summed E-state index contributed by atoms with van der Waals surface area (Å²) in [4.78, 5) is 10.6. The molecule has 0 unspecified atom stereocenters. The molecule has 0 rings (SSSR count). The fourth-order valence-corrected chi connectivity index (χ4v) is 0.489. The second-order valence-corrected chi connectivity index (χ2v) is 2.56. The lowest BCUT2D eigenvalue weighted by atomic mass is 10.6. The van der Waals surface area contributed by atoms with Crippen LogP contribution in [-0.2, 0) is 9.53 Å². The highest BCUT2D eigenvalue weighted by molar-refractivity contribution is 14.1. The highest BCUT2D eigenvalue weighted by atomic mass is 127. The van der Waals surface area contributed by atoms with E-state index in [2.05, 4.69) is 4.74 Å². The highest BCUT2D eigenvalue weighted by Crippen LogP contribution is 2.08. The molecule has 0 aromatic rings. The summed E-state index contributed by atoms with van der Waals surface area (Å²) in [5, 5.41) is 0. The molecule has 0 aliphatic heterocycles. The number of carbonyl (C=O) groups excluding carboxylic acids is 1. The minimum absolute atomic E-state index is 0.367. The summed E-state index contributed by atoms with van der Waals surface area (Å²) >= 11 is 7.02. The molecular weight excluding hydrogens is 254 g/mol. The van der Waals surface area contributed by atoms with Crippen molar-refractivity contribution in [1.82, 2.24) is 0 Å². The number of ether oxygens (including phenoxy) is 1. The van der Waals surface area contributed by atoms with Crippen molar-refractivity contribution in [2.75, 3.05) is 6.61 Å². The summed E-state index contributed by atoms with van der Waals surface area (Å²) in [6.45, 7) is 2.13. The Kier molecular flexibility index (Phi) is 5.18. The van der Waals surface area contributed by atoms with Gasteiger partial charge in [-0.25, -0.2) is 4.79 Å². The van der Waals surface area contributed by atoms with E-state index in [1.54, 1.807) is 6.92 Å². The van der Waals surface area contributed by atoms with Crippen molar-refractivity contribution >= 4 is 40.2 Å². The van der Waals surface area contributed by atoms with Gasteiger partial charge in [-0.2, -0.15) is 0 Å². The van der Waals surface area contributed by atoms with E-state index in [0.717, 1.165) is 0 Å². The maximum Gasteiger partial charge on any atom is 0.345 e. The van der Waals surface area contributed by atoms with Crippen molar-refractivity contribution < 1.29 is 9.53 Å². The van der Waals surface area contributed by atoms with Gasteiger partial charge in [0.05, 0.1) is 6.61 Å². The Morgan fingerprint density at radius 3 is 2.78 bits per heavy atom. The van der Waals surface area contributed by atoms with Crippen LogP contribution in [-0.4, -0.2) is 12.6 Å². The van der Waals surface area contributed by atoms with E-state index in [0.29, 0.717) is 10.2 Å². The van der Waals surface area contributed by atoms with E-state index in [4.69, 9.17) is 11.6 Å². The molecule has 0 aliphatic rings. The van der Waals surface area contributed by atoms with Crippen LogP contribution in [0.2, 0.25) is 0 Å². The lowest BCUT2D eigenvalue weighted by Gasteiger charge is -1.96. The minimum atomic E-state index is -0.367. The monoisotopic (exact) mass is 260 g/mol. The molecule has 0 spiro atoms. The zero-order valence-electron chi connectivity index (χ0n) is 4.86. The largest absolute Gasteiger partial charge is 0.462 e. The smallest absolute Gasteiger partial charge is 0.345 e. The predicted molar refractivity (Wildman–Crippen MR) is 44.6 cm³/mol. The molecule has 0 fully saturated rings. The number of hydrogen-bond acceptors (Lipinski definition) is 2. The van der Waals surface area contributed by atoms with Gasteiger partial charge in [-0.05, 0) is 29.5 Å². The third kappa shape index (κ3) is 3.75. The van der Waals surface area contributed by atoms with Crippen molar-refractivity contribution in [1.29, 1.82) is 0 Å². The molecule has 0 aromatic carbocycles. The van der Waals surface area contributed by atoms with Crippen LogP contribution in [0.15, 0.2) is 9.12 Å². The Balaban J connectivity index is 3.74. The van der Waals surface area contributed by atoms with Gasteiger partial charge in [0.2, 0.25) is 0 Å². The van der Waals surface area contributed by atoms with Crippen molar-refractivity contribution in [3.63, 3.8) is 0 Å². The lowest BCUT2D eigenvalue weighted by molar-refractivity contribution is -0.137. The summed E-state index contributed by atoms with van der Waals surface area (Å²) < 4.78 is 4.99. The fourth-order valence-electron chi connectivity index (χ4n) is 0.245. The Morgan fingerprint density at radius 1 is 1.89 bits per heavy atom. The maximum absolute atomic E-state index is 10.6. The normalized spacial score (nSPS) is 11.2. The van der Waals surface area contributed by atoms with Gasteiger partial charge in [-0.15, -0.1) is 0 Å². The Bertz CT molecular complexity index is 133. The number of esters is 1. The molecule has 0 aliphatic carbocycles. The number of rotatable bonds is 2. The Labute approximate surface area is 72.3 Å². The van der Waals surface area contributed by atoms with Crippen LogP contribution in [0.5, 0.6) is 0 Å². The van der Waals surface area contributed by atoms with Gasteiger partial charge in [-0.3, -0.25) is 0 Å². The minimum Gasteiger partial charge on any atom is -0.462 e. The molecule has 52 valence electrons. The fraction of sp³-hybridized carbons (Fsp3) is 0.400. The molecule has 0 radical (unpaired) electrons. The molecule has 2 nitrogen and oxygen atoms in total. The lowest BCUT2D eigenvalue weighted by Crippen LogP contribution is -2.02. The van der Waals surface area contributed by atoms with Gasteiger partial charge in [-0.1, -0.05) is 11.6 Å². The van der Waals surface area contributed by atoms with Gasteiger partial charge in [0, 0.05) is 5.54 Å². The third-order valence-electron chi connectivity index (χ3n) is 0.566. The SMILES string of the molecule is CCOC(=O)/C(I)=C/Cl. The van der Waals surface area contributed by atoms with Gasteiger partial charge in [0.1, 0.15) is 3.58 Å². The molecule has 9 heavy (non-hydrogen) atoms. The van der Waals surface area contributed by atoms with Gasteiger partial charge < -0.3 is 4.74 Å². The first-order chi connectivity index (χ1) is 4.22. The van der Waals surface area contributed by atoms with Crippen LogP contribution in [0.1, 0.15) is 6.92 Å². The van der Waals surface area contributed by atoms with Crippen molar-refractivity contribution in [2.45, 2.75) is 6.92 Å². The van der Waals surface area contributed by atoms with Crippen molar-refractivity contribution in [2.24, 2.45) is 0 Å². The summed E-state index contributed by atoms with van der Waals surface area (Å²) in [5.74, 6) is -0.367. The molecule has 0 N–H and O–H groups in total. The van der Waals surface area contributed by atoms with Crippen molar-refractivity contribution in [3.05, 3.63) is 9.12 Å². The topological polar surface area (TPSA) is 26.3 Å². The van der Waals surface area contributed by atoms with Crippen LogP contribution in [0.4, 0.5) is 0 Å². The predicted octanol–water partition coefficient (Wildman–Crippen LogP) is 2.06. The average Bonchev–Trinajstić information content (AvgIpc) is 1.87. The number of halogens is 2. The van der Waals surface area contributed by atoms with Gasteiger partial charge >= 0.3 is 5.97 Å². The van der Waals surface area contributed by atoms with Crippen LogP contribution in [0, 0.1) is 0 Å². The molecule has 4 heteroatoms. The number of hydrogen-bond donors (Lipinski definition) is 0. The molecule has 0 amide bonds. The van der Waals surface area contributed by atoms with E-state index in [9.17, 15) is 4.79 Å². The third-order valence-corrected chi connectivity index (χ3v) is 1.90. The first kappa shape index (κ1) is 9.23. The molecule has 0 saturated carbocycles.